The van der Waals surface area contributed by atoms with Crippen molar-refractivity contribution in [3.05, 3.63) is 29.8 Å². The molecule has 0 spiro atoms. The maximum absolute atomic E-state index is 11.8. The highest BCUT2D eigenvalue weighted by molar-refractivity contribution is 5.97. The molecule has 0 aromatic heterocycles. The number of nitrogens with one attached hydrogen (secondary N) is 1. The van der Waals surface area contributed by atoms with Gasteiger partial charge < -0.3 is 16.8 Å². The van der Waals surface area contributed by atoms with Gasteiger partial charge in [-0.2, -0.15) is 0 Å². The second-order valence-corrected chi connectivity index (χ2v) is 4.93. The van der Waals surface area contributed by atoms with Crippen LogP contribution in [0.3, 0.4) is 0 Å². The number of benzene rings is 1. The fourth-order valence-electron chi connectivity index (χ4n) is 2.00. The Kier molecular flexibility index (Phi) is 6.84. The number of nitrogens with two attached hydrogens (primary N) is 2. The van der Waals surface area contributed by atoms with Gasteiger partial charge in [0.1, 0.15) is 0 Å². The quantitative estimate of drug-likeness (QED) is 0.655. The molecule has 0 saturated heterocycles. The van der Waals surface area contributed by atoms with Crippen molar-refractivity contribution in [1.82, 2.24) is 4.90 Å². The average Bonchev–Trinajstić information content (AvgIpc) is 2.44. The van der Waals surface area contributed by atoms with Crippen LogP contribution in [-0.2, 0) is 16.1 Å². The predicted octanol–water partition coefficient (Wildman–Crippen LogP) is 0.670. The van der Waals surface area contributed by atoms with Crippen molar-refractivity contribution in [3.63, 3.8) is 0 Å². The molecule has 0 aliphatic heterocycles. The molecule has 0 saturated carbocycles. The molecule has 116 valence electrons. The van der Waals surface area contributed by atoms with E-state index in [1.165, 1.54) is 0 Å². The van der Waals surface area contributed by atoms with Gasteiger partial charge in [-0.15, -0.1) is 0 Å². The van der Waals surface area contributed by atoms with Gasteiger partial charge in [0.2, 0.25) is 11.8 Å². The molecule has 1 unspecified atom stereocenters. The number of hydrogen-bond acceptors (Lipinski definition) is 4. The Bertz CT molecular complexity index is 486. The zero-order valence-electron chi connectivity index (χ0n) is 12.6. The van der Waals surface area contributed by atoms with E-state index in [0.717, 1.165) is 25.2 Å². The second-order valence-electron chi connectivity index (χ2n) is 4.93. The summed E-state index contributed by atoms with van der Waals surface area (Å²) >= 11 is 0. The second kappa shape index (κ2) is 8.39. The van der Waals surface area contributed by atoms with E-state index >= 15 is 0 Å². The first-order chi connectivity index (χ1) is 9.96. The number of nitrogens with zero attached hydrogens (tertiary/aromatic N) is 1. The van der Waals surface area contributed by atoms with Crippen molar-refractivity contribution in [2.45, 2.75) is 32.9 Å². The van der Waals surface area contributed by atoms with Crippen LogP contribution in [0.1, 0.15) is 25.8 Å². The third kappa shape index (κ3) is 5.93. The lowest BCUT2D eigenvalue weighted by Crippen LogP contribution is -2.39. The van der Waals surface area contributed by atoms with E-state index in [0.29, 0.717) is 5.69 Å². The Balaban J connectivity index is 2.67. The third-order valence-corrected chi connectivity index (χ3v) is 3.25. The number of rotatable bonds is 8. The normalized spacial score (nSPS) is 12.2. The highest BCUT2D eigenvalue weighted by Crippen LogP contribution is 2.13. The van der Waals surface area contributed by atoms with Gasteiger partial charge in [0.05, 0.1) is 12.5 Å². The summed E-state index contributed by atoms with van der Waals surface area (Å²) in [5.74, 6) is -0.998. The van der Waals surface area contributed by atoms with Gasteiger partial charge >= 0.3 is 0 Å². The summed E-state index contributed by atoms with van der Waals surface area (Å²) in [5.41, 5.74) is 12.4. The largest absolute Gasteiger partial charge is 0.370 e. The van der Waals surface area contributed by atoms with Gasteiger partial charge in [-0.25, -0.2) is 0 Å². The molecule has 0 aliphatic rings. The predicted molar refractivity (Wildman–Crippen MR) is 83.5 cm³/mol. The Morgan fingerprint density at radius 3 is 2.52 bits per heavy atom. The first-order valence-corrected chi connectivity index (χ1v) is 7.12. The van der Waals surface area contributed by atoms with Crippen LogP contribution in [0.4, 0.5) is 5.69 Å². The van der Waals surface area contributed by atoms with Gasteiger partial charge in [0, 0.05) is 12.2 Å². The van der Waals surface area contributed by atoms with Crippen molar-refractivity contribution < 1.29 is 9.59 Å². The number of anilines is 1. The molecule has 1 rings (SSSR count). The zero-order chi connectivity index (χ0) is 15.8. The fourth-order valence-corrected chi connectivity index (χ4v) is 2.00. The highest BCUT2D eigenvalue weighted by atomic mass is 16.2. The molecule has 5 N–H and O–H groups in total. The Hall–Kier alpha value is -1.92. The monoisotopic (exact) mass is 292 g/mol. The van der Waals surface area contributed by atoms with Gasteiger partial charge in [0.25, 0.3) is 0 Å². The maximum atomic E-state index is 11.8. The summed E-state index contributed by atoms with van der Waals surface area (Å²) in [6.07, 6.45) is -0.162. The maximum Gasteiger partial charge on any atom is 0.241 e. The molecule has 1 aromatic carbocycles. The minimum Gasteiger partial charge on any atom is -0.370 e. The molecule has 0 aliphatic carbocycles. The van der Waals surface area contributed by atoms with Crippen molar-refractivity contribution in [2.75, 3.05) is 18.4 Å². The van der Waals surface area contributed by atoms with Gasteiger partial charge in [-0.05, 0) is 30.8 Å². The average molecular weight is 292 g/mol. The van der Waals surface area contributed by atoms with Crippen LogP contribution in [0.25, 0.3) is 0 Å². The molecule has 0 fully saturated rings. The molecule has 21 heavy (non-hydrogen) atoms. The van der Waals surface area contributed by atoms with Gasteiger partial charge in [-0.3, -0.25) is 14.5 Å². The van der Waals surface area contributed by atoms with Gasteiger partial charge in [0.15, 0.2) is 0 Å². The Morgan fingerprint density at radius 1 is 1.29 bits per heavy atom. The van der Waals surface area contributed by atoms with E-state index < -0.39 is 17.9 Å². The van der Waals surface area contributed by atoms with Crippen LogP contribution >= 0.6 is 0 Å². The van der Waals surface area contributed by atoms with Crippen LogP contribution in [0.15, 0.2) is 24.3 Å². The smallest absolute Gasteiger partial charge is 0.241 e. The fraction of sp³-hybridized carbons (Fsp3) is 0.467. The summed E-state index contributed by atoms with van der Waals surface area (Å²) in [6, 6.07) is 6.67. The number of carbonyl (C=O) groups is 2. The molecule has 1 atom stereocenters. The first kappa shape index (κ1) is 17.1. The van der Waals surface area contributed by atoms with Crippen LogP contribution in [0, 0.1) is 0 Å². The van der Waals surface area contributed by atoms with Crippen LogP contribution in [0.5, 0.6) is 0 Å². The molecule has 0 bridgehead atoms. The first-order valence-electron chi connectivity index (χ1n) is 7.12. The molecule has 0 heterocycles. The van der Waals surface area contributed by atoms with E-state index in [9.17, 15) is 9.59 Å². The number of primary amides is 1. The minimum absolute atomic E-state index is 0.162. The third-order valence-electron chi connectivity index (χ3n) is 3.25. The lowest BCUT2D eigenvalue weighted by Gasteiger charge is -2.18. The molecule has 2 amide bonds. The number of hydrogen-bond donors (Lipinski definition) is 3. The minimum atomic E-state index is -0.922. The molecule has 6 heteroatoms. The highest BCUT2D eigenvalue weighted by Gasteiger charge is 2.16. The van der Waals surface area contributed by atoms with Crippen LogP contribution in [0.2, 0.25) is 0 Å². The van der Waals surface area contributed by atoms with E-state index in [4.69, 9.17) is 11.5 Å². The summed E-state index contributed by atoms with van der Waals surface area (Å²) in [4.78, 5) is 24.9. The molecule has 6 nitrogen and oxygen atoms in total. The molecule has 0 radical (unpaired) electrons. The van der Waals surface area contributed by atoms with E-state index in [1.807, 2.05) is 18.2 Å². The lowest BCUT2D eigenvalue weighted by molar-refractivity contribution is -0.123. The summed E-state index contributed by atoms with van der Waals surface area (Å²) in [7, 11) is 0. The topological polar surface area (TPSA) is 101 Å². The Labute approximate surface area is 125 Å². The van der Waals surface area contributed by atoms with E-state index in [2.05, 4.69) is 24.1 Å². The summed E-state index contributed by atoms with van der Waals surface area (Å²) < 4.78 is 0. The zero-order valence-corrected chi connectivity index (χ0v) is 12.6. The Morgan fingerprint density at radius 2 is 1.95 bits per heavy atom. The lowest BCUT2D eigenvalue weighted by atomic mass is 10.1. The van der Waals surface area contributed by atoms with Crippen molar-refractivity contribution in [1.29, 1.82) is 0 Å². The number of carbonyl (C=O) groups excluding carboxylic acids is 2. The van der Waals surface area contributed by atoms with E-state index in [1.54, 1.807) is 6.07 Å². The molecule has 1 aromatic rings. The van der Waals surface area contributed by atoms with Crippen molar-refractivity contribution in [3.8, 4) is 0 Å². The van der Waals surface area contributed by atoms with Crippen molar-refractivity contribution >= 4 is 17.5 Å². The summed E-state index contributed by atoms with van der Waals surface area (Å²) in [5, 5.41) is 2.71. The van der Waals surface area contributed by atoms with E-state index in [-0.39, 0.29) is 6.42 Å². The standard InChI is InChI=1S/C15H24N4O2/c1-3-19(4-2)10-11-6-5-7-12(8-11)18-15(21)13(16)9-14(17)20/h5-8,13H,3-4,9-10,16H2,1-2H3,(H2,17,20)(H,18,21). The molecular weight excluding hydrogens is 268 g/mol. The SMILES string of the molecule is CCN(CC)Cc1cccc(NC(=O)C(N)CC(N)=O)c1. The summed E-state index contributed by atoms with van der Waals surface area (Å²) in [6.45, 7) is 6.98. The molecular formula is C15H24N4O2. The van der Waals surface area contributed by atoms with Crippen LogP contribution in [-0.4, -0.2) is 35.8 Å². The number of amides is 2. The van der Waals surface area contributed by atoms with Crippen LogP contribution < -0.4 is 16.8 Å². The van der Waals surface area contributed by atoms with Crippen molar-refractivity contribution in [2.24, 2.45) is 11.5 Å². The van der Waals surface area contributed by atoms with Gasteiger partial charge in [-0.1, -0.05) is 26.0 Å².